The number of hydrogen-bond donors (Lipinski definition) is 0. The molecule has 7 heteroatoms. The van der Waals surface area contributed by atoms with Crippen LogP contribution in [0.25, 0.3) is 0 Å². The smallest absolute Gasteiger partial charge is 0.316 e. The van der Waals surface area contributed by atoms with Crippen LogP contribution >= 0.6 is 11.8 Å². The van der Waals surface area contributed by atoms with E-state index < -0.39 is 0 Å². The summed E-state index contributed by atoms with van der Waals surface area (Å²) in [5.74, 6) is 1.88. The molecular weight excluding hydrogens is 312 g/mol. The lowest BCUT2D eigenvalue weighted by atomic mass is 10.00. The topological polar surface area (TPSA) is 60.3 Å². The summed E-state index contributed by atoms with van der Waals surface area (Å²) >= 11 is 1.44. The van der Waals surface area contributed by atoms with Crippen LogP contribution in [0, 0.1) is 5.92 Å². The molecule has 0 radical (unpaired) electrons. The first-order valence-electron chi connectivity index (χ1n) is 8.56. The average Bonchev–Trinajstić information content (AvgIpc) is 3.25. The van der Waals surface area contributed by atoms with Gasteiger partial charge in [0.25, 0.3) is 0 Å². The van der Waals surface area contributed by atoms with Gasteiger partial charge in [-0.3, -0.25) is 9.36 Å². The summed E-state index contributed by atoms with van der Waals surface area (Å²) in [4.78, 5) is 14.1. The number of nitrogens with zero attached hydrogens (tertiary/aromatic N) is 4. The highest BCUT2D eigenvalue weighted by molar-refractivity contribution is 7.99. The van der Waals surface area contributed by atoms with Gasteiger partial charge in [0.15, 0.2) is 5.16 Å². The minimum atomic E-state index is -0.191. The van der Waals surface area contributed by atoms with Crippen molar-refractivity contribution < 1.29 is 9.53 Å². The lowest BCUT2D eigenvalue weighted by Crippen LogP contribution is -2.34. The van der Waals surface area contributed by atoms with E-state index in [1.54, 1.807) is 0 Å². The first-order chi connectivity index (χ1) is 11.0. The Labute approximate surface area is 142 Å². The van der Waals surface area contributed by atoms with Gasteiger partial charge in [0.05, 0.1) is 11.9 Å². The van der Waals surface area contributed by atoms with Gasteiger partial charge < -0.3 is 9.64 Å². The lowest BCUT2D eigenvalue weighted by molar-refractivity contribution is -0.144. The van der Waals surface area contributed by atoms with Gasteiger partial charge in [-0.05, 0) is 45.4 Å². The van der Waals surface area contributed by atoms with Crippen molar-refractivity contribution in [3.63, 3.8) is 0 Å². The van der Waals surface area contributed by atoms with Crippen molar-refractivity contribution in [2.75, 3.05) is 23.7 Å². The molecule has 128 valence electrons. The lowest BCUT2D eigenvalue weighted by Gasteiger charge is -2.31. The third-order valence-corrected chi connectivity index (χ3v) is 5.23. The molecule has 1 aromatic rings. The number of thioether (sulfide) groups is 1. The monoisotopic (exact) mass is 338 g/mol. The highest BCUT2D eigenvalue weighted by Crippen LogP contribution is 2.41. The van der Waals surface area contributed by atoms with Gasteiger partial charge in [0.2, 0.25) is 5.95 Å². The molecule has 0 unspecified atom stereocenters. The maximum Gasteiger partial charge on any atom is 0.316 e. The van der Waals surface area contributed by atoms with E-state index in [4.69, 9.17) is 4.74 Å². The molecule has 0 bridgehead atoms. The van der Waals surface area contributed by atoms with Gasteiger partial charge in [0.1, 0.15) is 0 Å². The van der Waals surface area contributed by atoms with Crippen molar-refractivity contribution in [2.45, 2.75) is 63.8 Å². The first-order valence-corrected chi connectivity index (χ1v) is 9.55. The van der Waals surface area contributed by atoms with Crippen molar-refractivity contribution in [2.24, 2.45) is 5.92 Å². The Morgan fingerprint density at radius 3 is 2.57 bits per heavy atom. The van der Waals surface area contributed by atoms with Gasteiger partial charge in [-0.1, -0.05) is 18.7 Å². The SMILES string of the molecule is CC1CCN(c2nnc(SCC(=O)OC(C)C)n2C2CC2)CC1. The summed E-state index contributed by atoms with van der Waals surface area (Å²) in [5, 5.41) is 9.63. The Morgan fingerprint density at radius 2 is 1.96 bits per heavy atom. The molecule has 0 atom stereocenters. The molecule has 3 rings (SSSR count). The van der Waals surface area contributed by atoms with Crippen molar-refractivity contribution in [1.29, 1.82) is 0 Å². The molecule has 23 heavy (non-hydrogen) atoms. The second-order valence-corrected chi connectivity index (χ2v) is 7.82. The van der Waals surface area contributed by atoms with Crippen LogP contribution in [0.3, 0.4) is 0 Å². The molecule has 2 fully saturated rings. The predicted molar refractivity (Wildman–Crippen MR) is 90.9 cm³/mol. The average molecular weight is 338 g/mol. The Morgan fingerprint density at radius 1 is 1.26 bits per heavy atom. The molecule has 0 N–H and O–H groups in total. The number of aromatic nitrogens is 3. The van der Waals surface area contributed by atoms with Crippen LogP contribution in [0.4, 0.5) is 5.95 Å². The molecule has 2 heterocycles. The van der Waals surface area contributed by atoms with E-state index in [1.807, 2.05) is 13.8 Å². The van der Waals surface area contributed by atoms with E-state index >= 15 is 0 Å². The molecule has 0 spiro atoms. The van der Waals surface area contributed by atoms with E-state index in [2.05, 4.69) is 26.6 Å². The molecule has 1 saturated carbocycles. The number of hydrogen-bond acceptors (Lipinski definition) is 6. The zero-order valence-electron chi connectivity index (χ0n) is 14.2. The van der Waals surface area contributed by atoms with Crippen molar-refractivity contribution >= 4 is 23.7 Å². The normalized spacial score (nSPS) is 19.4. The van der Waals surface area contributed by atoms with Crippen LogP contribution in [0.5, 0.6) is 0 Å². The summed E-state index contributed by atoms with van der Waals surface area (Å²) in [7, 11) is 0. The molecule has 6 nitrogen and oxygen atoms in total. The minimum absolute atomic E-state index is 0.0738. The van der Waals surface area contributed by atoms with Crippen LogP contribution in [0.15, 0.2) is 5.16 Å². The number of ether oxygens (including phenoxy) is 1. The molecule has 1 aromatic heterocycles. The number of anilines is 1. The number of carbonyl (C=O) groups excluding carboxylic acids is 1. The second kappa shape index (κ2) is 7.11. The molecule has 0 aromatic carbocycles. The van der Waals surface area contributed by atoms with Crippen molar-refractivity contribution in [3.05, 3.63) is 0 Å². The molecule has 1 saturated heterocycles. The number of esters is 1. The van der Waals surface area contributed by atoms with Crippen molar-refractivity contribution in [1.82, 2.24) is 14.8 Å². The number of piperidine rings is 1. The van der Waals surface area contributed by atoms with Crippen LogP contribution in [-0.2, 0) is 9.53 Å². The molecule has 2 aliphatic rings. The van der Waals surface area contributed by atoms with Gasteiger partial charge in [-0.2, -0.15) is 0 Å². The van der Waals surface area contributed by atoms with Gasteiger partial charge in [-0.25, -0.2) is 0 Å². The van der Waals surface area contributed by atoms with Crippen molar-refractivity contribution in [3.8, 4) is 0 Å². The van der Waals surface area contributed by atoms with Crippen LogP contribution in [0.2, 0.25) is 0 Å². The Hall–Kier alpha value is -1.24. The fraction of sp³-hybridized carbons (Fsp3) is 0.812. The van der Waals surface area contributed by atoms with Gasteiger partial charge in [0, 0.05) is 19.1 Å². The van der Waals surface area contributed by atoms with Gasteiger partial charge in [-0.15, -0.1) is 10.2 Å². The van der Waals surface area contributed by atoms with E-state index in [1.165, 1.54) is 37.4 Å². The quantitative estimate of drug-likeness (QED) is 0.587. The maximum atomic E-state index is 11.8. The highest BCUT2D eigenvalue weighted by atomic mass is 32.2. The summed E-state index contributed by atoms with van der Waals surface area (Å²) in [6, 6.07) is 0.503. The molecule has 1 aliphatic heterocycles. The van der Waals surface area contributed by atoms with E-state index in [-0.39, 0.29) is 12.1 Å². The third-order valence-electron chi connectivity index (χ3n) is 4.31. The summed E-state index contributed by atoms with van der Waals surface area (Å²) in [6.07, 6.45) is 4.70. The van der Waals surface area contributed by atoms with E-state index in [9.17, 15) is 4.79 Å². The first kappa shape index (κ1) is 16.6. The Bertz CT molecular complexity index is 548. The zero-order valence-corrected chi connectivity index (χ0v) is 15.0. The molecule has 0 amide bonds. The summed E-state index contributed by atoms with van der Waals surface area (Å²) in [5.41, 5.74) is 0. The predicted octanol–water partition coefficient (Wildman–Crippen LogP) is 2.89. The summed E-state index contributed by atoms with van der Waals surface area (Å²) < 4.78 is 7.43. The van der Waals surface area contributed by atoms with Gasteiger partial charge >= 0.3 is 5.97 Å². The summed E-state index contributed by atoms with van der Waals surface area (Å²) in [6.45, 7) is 8.14. The maximum absolute atomic E-state index is 11.8. The third kappa shape index (κ3) is 4.19. The zero-order chi connectivity index (χ0) is 16.4. The van der Waals surface area contributed by atoms with E-state index in [0.717, 1.165) is 30.1 Å². The highest BCUT2D eigenvalue weighted by Gasteiger charge is 2.32. The largest absolute Gasteiger partial charge is 0.462 e. The Kier molecular flexibility index (Phi) is 5.14. The second-order valence-electron chi connectivity index (χ2n) is 6.88. The molecule has 1 aliphatic carbocycles. The minimum Gasteiger partial charge on any atom is -0.462 e. The van der Waals surface area contributed by atoms with Crippen LogP contribution in [-0.4, -0.2) is 45.7 Å². The fourth-order valence-electron chi connectivity index (χ4n) is 2.86. The van der Waals surface area contributed by atoms with Crippen LogP contribution < -0.4 is 4.90 Å². The Balaban J connectivity index is 1.68. The fourth-order valence-corrected chi connectivity index (χ4v) is 3.65. The standard InChI is InChI=1S/C16H26N4O2S/c1-11(2)22-14(21)10-23-16-18-17-15(20(16)13-4-5-13)19-8-6-12(3)7-9-19/h11-13H,4-10H2,1-3H3. The van der Waals surface area contributed by atoms with Crippen LogP contribution in [0.1, 0.15) is 52.5 Å². The van der Waals surface area contributed by atoms with E-state index in [0.29, 0.717) is 11.8 Å². The number of carbonyl (C=O) groups is 1. The molecular formula is C16H26N4O2S. The number of rotatable bonds is 6.